The molecule has 0 saturated carbocycles. The molecule has 0 aromatic carbocycles. The number of hydrogen-bond acceptors (Lipinski definition) is 2. The molecule has 0 bridgehead atoms. The van der Waals surface area contributed by atoms with Crippen LogP contribution in [0.4, 0.5) is 4.79 Å². The summed E-state index contributed by atoms with van der Waals surface area (Å²) in [5.74, 6) is -0.797. The summed E-state index contributed by atoms with van der Waals surface area (Å²) in [4.78, 5) is 22.3. The quantitative estimate of drug-likeness (QED) is 0.667. The van der Waals surface area contributed by atoms with Crippen LogP contribution in [-0.4, -0.2) is 23.1 Å². The number of amides is 2. The smallest absolute Gasteiger partial charge is 0.326 e. The van der Waals surface area contributed by atoms with Gasteiger partial charge in [0.25, 0.3) is 0 Å². The molecule has 0 fully saturated rings. The fraction of sp³-hybridized carbons (Fsp3) is 0.667. The summed E-state index contributed by atoms with van der Waals surface area (Å²) in [7, 11) is 0. The van der Waals surface area contributed by atoms with Gasteiger partial charge in [-0.3, -0.25) is 0 Å². The first-order valence-corrected chi connectivity index (χ1v) is 5.82. The average Bonchev–Trinajstić information content (AvgIpc) is 2.24. The Hall–Kier alpha value is -1.52. The number of urea groups is 1. The summed E-state index contributed by atoms with van der Waals surface area (Å²) in [6.07, 6.45) is 2.84. The van der Waals surface area contributed by atoms with Crippen molar-refractivity contribution >= 4 is 12.0 Å². The number of allylic oxidation sites excluding steroid dienone is 1. The first-order valence-electron chi connectivity index (χ1n) is 5.82. The number of nitrogens with one attached hydrogen (secondary N) is 2. The van der Waals surface area contributed by atoms with E-state index in [0.29, 0.717) is 6.42 Å². The van der Waals surface area contributed by atoms with E-state index in [1.807, 2.05) is 27.7 Å². The molecule has 0 rings (SSSR count). The zero-order chi connectivity index (χ0) is 13.4. The van der Waals surface area contributed by atoms with Gasteiger partial charge >= 0.3 is 12.0 Å². The second-order valence-corrected chi connectivity index (χ2v) is 4.48. The predicted octanol–water partition coefficient (Wildman–Crippen LogP) is 2.10. The highest BCUT2D eigenvalue weighted by Gasteiger charge is 2.20. The summed E-state index contributed by atoms with van der Waals surface area (Å²) < 4.78 is 0. The molecule has 98 valence electrons. The molecular weight excluding hydrogens is 220 g/mol. The van der Waals surface area contributed by atoms with E-state index >= 15 is 0 Å². The monoisotopic (exact) mass is 242 g/mol. The minimum atomic E-state index is -1.01. The van der Waals surface area contributed by atoms with Crippen LogP contribution in [0.25, 0.3) is 0 Å². The second-order valence-electron chi connectivity index (χ2n) is 4.48. The van der Waals surface area contributed by atoms with Gasteiger partial charge in [0.2, 0.25) is 0 Å². The van der Waals surface area contributed by atoms with Crippen molar-refractivity contribution in [3.05, 3.63) is 11.8 Å². The minimum Gasteiger partial charge on any atom is -0.480 e. The number of hydrogen-bond donors (Lipinski definition) is 3. The number of aliphatic carboxylic acids is 1. The molecule has 0 aliphatic rings. The Morgan fingerprint density at radius 2 is 1.94 bits per heavy atom. The Balaban J connectivity index is 4.27. The van der Waals surface area contributed by atoms with E-state index in [-0.39, 0.29) is 5.92 Å². The van der Waals surface area contributed by atoms with Gasteiger partial charge in [-0.05, 0) is 25.7 Å². The van der Waals surface area contributed by atoms with E-state index in [4.69, 9.17) is 5.11 Å². The molecule has 5 heteroatoms. The van der Waals surface area contributed by atoms with Gasteiger partial charge in [0, 0.05) is 6.20 Å². The predicted molar refractivity (Wildman–Crippen MR) is 66.6 cm³/mol. The van der Waals surface area contributed by atoms with E-state index in [1.54, 1.807) is 6.20 Å². The van der Waals surface area contributed by atoms with Crippen molar-refractivity contribution in [1.82, 2.24) is 10.6 Å². The molecular formula is C12H22N2O3. The van der Waals surface area contributed by atoms with Crippen LogP contribution in [0.1, 0.15) is 40.5 Å². The molecule has 5 nitrogen and oxygen atoms in total. The van der Waals surface area contributed by atoms with Crippen LogP contribution >= 0.6 is 0 Å². The molecule has 0 radical (unpaired) electrons. The average molecular weight is 242 g/mol. The summed E-state index contributed by atoms with van der Waals surface area (Å²) in [5, 5.41) is 13.9. The molecule has 0 heterocycles. The van der Waals surface area contributed by atoms with Crippen LogP contribution in [0.2, 0.25) is 0 Å². The molecule has 3 N–H and O–H groups in total. The molecule has 1 unspecified atom stereocenters. The summed E-state index contributed by atoms with van der Waals surface area (Å²) in [5.41, 5.74) is 1.02. The number of carbonyl (C=O) groups is 2. The highest BCUT2D eigenvalue weighted by atomic mass is 16.4. The maximum atomic E-state index is 11.4. The largest absolute Gasteiger partial charge is 0.480 e. The molecule has 0 aliphatic carbocycles. The summed E-state index contributed by atoms with van der Waals surface area (Å²) in [6.45, 7) is 7.70. The Morgan fingerprint density at radius 3 is 2.35 bits per heavy atom. The van der Waals surface area contributed by atoms with E-state index < -0.39 is 18.0 Å². The van der Waals surface area contributed by atoms with Crippen molar-refractivity contribution in [1.29, 1.82) is 0 Å². The minimum absolute atomic E-state index is 0.212. The summed E-state index contributed by atoms with van der Waals surface area (Å²) in [6, 6.07) is -1.32. The molecule has 2 amide bonds. The fourth-order valence-electron chi connectivity index (χ4n) is 1.18. The van der Waals surface area contributed by atoms with Crippen LogP contribution in [-0.2, 0) is 4.79 Å². The molecule has 0 aromatic rings. The lowest BCUT2D eigenvalue weighted by molar-refractivity contribution is -0.139. The Labute approximate surface area is 102 Å². The van der Waals surface area contributed by atoms with Gasteiger partial charge in [-0.1, -0.05) is 26.3 Å². The lowest BCUT2D eigenvalue weighted by Gasteiger charge is -2.16. The van der Waals surface area contributed by atoms with E-state index in [0.717, 1.165) is 12.0 Å². The maximum absolute atomic E-state index is 11.4. The molecule has 1 atom stereocenters. The Morgan fingerprint density at radius 1 is 1.35 bits per heavy atom. The highest BCUT2D eigenvalue weighted by Crippen LogP contribution is 2.04. The number of rotatable bonds is 6. The molecule has 17 heavy (non-hydrogen) atoms. The van der Waals surface area contributed by atoms with Gasteiger partial charge in [0.15, 0.2) is 0 Å². The SMILES string of the molecule is CC/C(C)=C/NC(=O)NC(CC(C)C)C(=O)O. The van der Waals surface area contributed by atoms with Gasteiger partial charge in [-0.25, -0.2) is 9.59 Å². The topological polar surface area (TPSA) is 78.4 Å². The van der Waals surface area contributed by atoms with Crippen molar-refractivity contribution in [2.24, 2.45) is 5.92 Å². The highest BCUT2D eigenvalue weighted by molar-refractivity contribution is 5.82. The van der Waals surface area contributed by atoms with Crippen molar-refractivity contribution in [3.63, 3.8) is 0 Å². The van der Waals surface area contributed by atoms with E-state index in [9.17, 15) is 9.59 Å². The van der Waals surface area contributed by atoms with E-state index in [1.165, 1.54) is 0 Å². The molecule has 0 aromatic heterocycles. The van der Waals surface area contributed by atoms with Gasteiger partial charge in [0.05, 0.1) is 0 Å². The third-order valence-electron chi connectivity index (χ3n) is 2.32. The summed E-state index contributed by atoms with van der Waals surface area (Å²) >= 11 is 0. The first-order chi connectivity index (χ1) is 7.86. The van der Waals surface area contributed by atoms with Crippen LogP contribution in [0.15, 0.2) is 11.8 Å². The van der Waals surface area contributed by atoms with Gasteiger partial charge in [-0.15, -0.1) is 0 Å². The van der Waals surface area contributed by atoms with Gasteiger partial charge < -0.3 is 15.7 Å². The fourth-order valence-corrected chi connectivity index (χ4v) is 1.18. The lowest BCUT2D eigenvalue weighted by atomic mass is 10.0. The number of carboxylic acids is 1. The zero-order valence-corrected chi connectivity index (χ0v) is 10.9. The van der Waals surface area contributed by atoms with Crippen LogP contribution in [0.3, 0.4) is 0 Å². The third kappa shape index (κ3) is 7.38. The molecule has 0 spiro atoms. The molecule has 0 saturated heterocycles. The van der Waals surface area contributed by atoms with Crippen molar-refractivity contribution in [2.45, 2.75) is 46.6 Å². The Bertz CT molecular complexity index is 298. The maximum Gasteiger partial charge on any atom is 0.326 e. The Kier molecular flexibility index (Phi) is 7.02. The lowest BCUT2D eigenvalue weighted by Crippen LogP contribution is -2.45. The second kappa shape index (κ2) is 7.70. The van der Waals surface area contributed by atoms with Crippen molar-refractivity contribution in [3.8, 4) is 0 Å². The van der Waals surface area contributed by atoms with Crippen molar-refractivity contribution < 1.29 is 14.7 Å². The van der Waals surface area contributed by atoms with Crippen LogP contribution in [0, 0.1) is 5.92 Å². The number of carboxylic acid groups (broad SMARTS) is 1. The molecule has 0 aliphatic heterocycles. The normalized spacial score (nSPS) is 13.4. The van der Waals surface area contributed by atoms with Crippen LogP contribution < -0.4 is 10.6 Å². The van der Waals surface area contributed by atoms with E-state index in [2.05, 4.69) is 10.6 Å². The third-order valence-corrected chi connectivity index (χ3v) is 2.32. The zero-order valence-electron chi connectivity index (χ0n) is 10.9. The first kappa shape index (κ1) is 15.5. The number of carbonyl (C=O) groups excluding carboxylic acids is 1. The van der Waals surface area contributed by atoms with Gasteiger partial charge in [-0.2, -0.15) is 0 Å². The standard InChI is InChI=1S/C12H22N2O3/c1-5-9(4)7-13-12(17)14-10(11(15)16)6-8(2)3/h7-8,10H,5-6H2,1-4H3,(H,15,16)(H2,13,14,17)/b9-7+. The van der Waals surface area contributed by atoms with Gasteiger partial charge in [0.1, 0.15) is 6.04 Å². The van der Waals surface area contributed by atoms with Crippen molar-refractivity contribution in [2.75, 3.05) is 0 Å². The van der Waals surface area contributed by atoms with Crippen LogP contribution in [0.5, 0.6) is 0 Å².